The second-order valence-electron chi connectivity index (χ2n) is 7.64. The number of nitrogens with one attached hydrogen (secondary N) is 2. The summed E-state index contributed by atoms with van der Waals surface area (Å²) >= 11 is 0. The average molecular weight is 376 g/mol. The predicted molar refractivity (Wildman–Crippen MR) is 108 cm³/mol. The van der Waals surface area contributed by atoms with Crippen LogP contribution in [-0.4, -0.2) is 32.7 Å². The number of nitrogens with zero attached hydrogens (tertiary/aromatic N) is 2. The van der Waals surface area contributed by atoms with Crippen LogP contribution in [0.1, 0.15) is 48.6 Å². The smallest absolute Gasteiger partial charge is 0.255 e. The quantitative estimate of drug-likeness (QED) is 0.716. The van der Waals surface area contributed by atoms with Crippen molar-refractivity contribution in [2.45, 2.75) is 39.4 Å². The van der Waals surface area contributed by atoms with Crippen LogP contribution in [0.3, 0.4) is 0 Å². The highest BCUT2D eigenvalue weighted by molar-refractivity contribution is 6.01. The van der Waals surface area contributed by atoms with Crippen LogP contribution in [0, 0.1) is 5.92 Å². The number of hydrogen-bond acceptors (Lipinski definition) is 3. The minimum atomic E-state index is -0.564. The molecule has 1 aromatic heterocycles. The SMILES string of the molecule is CC(C)[C@@H](NC(=O)[C@@H](C)N1Cc2ccccc2C1=O)c1nc2ccccc2[nH]1. The van der Waals surface area contributed by atoms with Gasteiger partial charge in [-0.3, -0.25) is 9.59 Å². The van der Waals surface area contributed by atoms with Crippen molar-refractivity contribution < 1.29 is 9.59 Å². The van der Waals surface area contributed by atoms with E-state index in [2.05, 4.69) is 15.3 Å². The van der Waals surface area contributed by atoms with Crippen LogP contribution < -0.4 is 5.32 Å². The van der Waals surface area contributed by atoms with Gasteiger partial charge in [0.1, 0.15) is 11.9 Å². The molecule has 3 aromatic rings. The molecule has 0 fully saturated rings. The summed E-state index contributed by atoms with van der Waals surface area (Å²) in [5.74, 6) is 0.597. The molecular formula is C22H24N4O2. The van der Waals surface area contributed by atoms with Crippen molar-refractivity contribution in [3.8, 4) is 0 Å². The van der Waals surface area contributed by atoms with Gasteiger partial charge in [-0.1, -0.05) is 44.2 Å². The lowest BCUT2D eigenvalue weighted by Gasteiger charge is -2.27. The van der Waals surface area contributed by atoms with Crippen molar-refractivity contribution in [2.75, 3.05) is 0 Å². The van der Waals surface area contributed by atoms with Crippen LogP contribution in [-0.2, 0) is 11.3 Å². The van der Waals surface area contributed by atoms with Crippen LogP contribution in [0.25, 0.3) is 11.0 Å². The number of fused-ring (bicyclic) bond motifs is 2. The molecule has 2 N–H and O–H groups in total. The Morgan fingerprint density at radius 3 is 2.54 bits per heavy atom. The fraction of sp³-hybridized carbons (Fsp3) is 0.318. The van der Waals surface area contributed by atoms with E-state index in [1.807, 2.05) is 62.4 Å². The molecule has 2 atom stereocenters. The van der Waals surface area contributed by atoms with Gasteiger partial charge in [0.15, 0.2) is 0 Å². The Morgan fingerprint density at radius 2 is 1.82 bits per heavy atom. The number of para-hydroxylation sites is 2. The lowest BCUT2D eigenvalue weighted by molar-refractivity contribution is -0.126. The maximum atomic E-state index is 13.0. The van der Waals surface area contributed by atoms with Gasteiger partial charge in [-0.15, -0.1) is 0 Å². The summed E-state index contributed by atoms with van der Waals surface area (Å²) in [6, 6.07) is 14.5. The van der Waals surface area contributed by atoms with Gasteiger partial charge in [0.05, 0.1) is 17.1 Å². The van der Waals surface area contributed by atoms with Crippen molar-refractivity contribution in [2.24, 2.45) is 5.92 Å². The summed E-state index contributed by atoms with van der Waals surface area (Å²) in [5, 5.41) is 3.09. The molecule has 2 aromatic carbocycles. The highest BCUT2D eigenvalue weighted by Crippen LogP contribution is 2.26. The minimum absolute atomic E-state index is 0.0944. The molecule has 0 bridgehead atoms. The van der Waals surface area contributed by atoms with Crippen molar-refractivity contribution >= 4 is 22.8 Å². The van der Waals surface area contributed by atoms with E-state index in [1.54, 1.807) is 11.8 Å². The summed E-state index contributed by atoms with van der Waals surface area (Å²) in [5.41, 5.74) is 3.45. The first kappa shape index (κ1) is 18.2. The molecule has 28 heavy (non-hydrogen) atoms. The molecular weight excluding hydrogens is 352 g/mol. The molecule has 0 unspecified atom stereocenters. The lowest BCUT2D eigenvalue weighted by Crippen LogP contribution is -2.47. The van der Waals surface area contributed by atoms with Gasteiger partial charge in [-0.25, -0.2) is 4.98 Å². The Bertz CT molecular complexity index is 1010. The number of carbonyl (C=O) groups excluding carboxylic acids is 2. The third-order valence-electron chi connectivity index (χ3n) is 5.36. The summed E-state index contributed by atoms with van der Waals surface area (Å²) < 4.78 is 0. The van der Waals surface area contributed by atoms with Gasteiger partial charge >= 0.3 is 0 Å². The van der Waals surface area contributed by atoms with Crippen LogP contribution >= 0.6 is 0 Å². The molecule has 2 heterocycles. The minimum Gasteiger partial charge on any atom is -0.344 e. The second kappa shape index (κ2) is 7.11. The number of H-pyrrole nitrogens is 1. The number of rotatable bonds is 5. The van der Waals surface area contributed by atoms with E-state index in [9.17, 15) is 9.59 Å². The number of amides is 2. The topological polar surface area (TPSA) is 78.1 Å². The standard InChI is InChI=1S/C22H24N4O2/c1-13(2)19(20-23-17-10-6-7-11-18(17)24-20)25-21(27)14(3)26-12-15-8-4-5-9-16(15)22(26)28/h4-11,13-14,19H,12H2,1-3H3,(H,23,24)(H,25,27)/t14-,19-/m1/s1. The molecule has 1 aliphatic heterocycles. The molecule has 2 amide bonds. The Balaban J connectivity index is 1.53. The maximum Gasteiger partial charge on any atom is 0.255 e. The number of aromatic nitrogens is 2. The normalized spacial score (nSPS) is 15.7. The summed E-state index contributed by atoms with van der Waals surface area (Å²) in [6.45, 7) is 6.31. The molecule has 144 valence electrons. The van der Waals surface area contributed by atoms with Crippen LogP contribution in [0.5, 0.6) is 0 Å². The second-order valence-corrected chi connectivity index (χ2v) is 7.64. The Hall–Kier alpha value is -3.15. The number of imidazole rings is 1. The van der Waals surface area contributed by atoms with E-state index in [0.29, 0.717) is 12.1 Å². The summed E-state index contributed by atoms with van der Waals surface area (Å²) in [4.78, 5) is 35.2. The van der Waals surface area contributed by atoms with Crippen LogP contribution in [0.2, 0.25) is 0 Å². The molecule has 6 heteroatoms. The fourth-order valence-electron chi connectivity index (χ4n) is 3.68. The Kier molecular flexibility index (Phi) is 4.63. The Labute approximate surface area is 164 Å². The van der Waals surface area contributed by atoms with Gasteiger partial charge < -0.3 is 15.2 Å². The van der Waals surface area contributed by atoms with Crippen molar-refractivity contribution in [1.82, 2.24) is 20.2 Å². The monoisotopic (exact) mass is 376 g/mol. The van der Waals surface area contributed by atoms with Gasteiger partial charge in [0.25, 0.3) is 5.91 Å². The lowest BCUT2D eigenvalue weighted by atomic mass is 10.0. The van der Waals surface area contributed by atoms with Crippen LogP contribution in [0.15, 0.2) is 48.5 Å². The zero-order valence-electron chi connectivity index (χ0n) is 16.3. The number of hydrogen-bond donors (Lipinski definition) is 2. The van der Waals surface area contributed by atoms with Gasteiger partial charge in [0, 0.05) is 12.1 Å². The van der Waals surface area contributed by atoms with Gasteiger partial charge in [-0.2, -0.15) is 0 Å². The highest BCUT2D eigenvalue weighted by Gasteiger charge is 2.35. The maximum absolute atomic E-state index is 13.0. The van der Waals surface area contributed by atoms with Crippen molar-refractivity contribution in [3.05, 3.63) is 65.5 Å². The molecule has 0 saturated carbocycles. The first-order valence-corrected chi connectivity index (χ1v) is 9.59. The number of carbonyl (C=O) groups is 2. The van der Waals surface area contributed by atoms with Gasteiger partial charge in [0.2, 0.25) is 5.91 Å². The van der Waals surface area contributed by atoms with Crippen molar-refractivity contribution in [1.29, 1.82) is 0 Å². The van der Waals surface area contributed by atoms with E-state index < -0.39 is 6.04 Å². The predicted octanol–water partition coefficient (Wildman–Crippen LogP) is 3.42. The molecule has 0 spiro atoms. The molecule has 0 aliphatic carbocycles. The first-order valence-electron chi connectivity index (χ1n) is 9.59. The van der Waals surface area contributed by atoms with E-state index in [-0.39, 0.29) is 23.8 Å². The largest absolute Gasteiger partial charge is 0.344 e. The molecule has 4 rings (SSSR count). The van der Waals surface area contributed by atoms with Crippen LogP contribution in [0.4, 0.5) is 0 Å². The summed E-state index contributed by atoms with van der Waals surface area (Å²) in [6.07, 6.45) is 0. The fourth-order valence-corrected chi connectivity index (χ4v) is 3.68. The van der Waals surface area contributed by atoms with Gasteiger partial charge in [-0.05, 0) is 36.6 Å². The average Bonchev–Trinajstić information content (AvgIpc) is 3.26. The molecule has 0 saturated heterocycles. The first-order chi connectivity index (χ1) is 13.5. The zero-order valence-corrected chi connectivity index (χ0v) is 16.3. The number of benzene rings is 2. The van der Waals surface area contributed by atoms with E-state index >= 15 is 0 Å². The highest BCUT2D eigenvalue weighted by atomic mass is 16.2. The van der Waals surface area contributed by atoms with E-state index in [4.69, 9.17) is 0 Å². The Morgan fingerprint density at radius 1 is 1.11 bits per heavy atom. The number of aromatic amines is 1. The summed E-state index contributed by atoms with van der Waals surface area (Å²) in [7, 11) is 0. The molecule has 1 aliphatic rings. The zero-order chi connectivity index (χ0) is 19.8. The van der Waals surface area contributed by atoms with Crippen molar-refractivity contribution in [3.63, 3.8) is 0 Å². The molecule has 0 radical (unpaired) electrons. The molecule has 6 nitrogen and oxygen atoms in total. The third-order valence-corrected chi connectivity index (χ3v) is 5.36. The third kappa shape index (κ3) is 3.15. The van der Waals surface area contributed by atoms with E-state index in [0.717, 1.165) is 22.4 Å². The van der Waals surface area contributed by atoms with E-state index in [1.165, 1.54) is 0 Å².